The summed E-state index contributed by atoms with van der Waals surface area (Å²) >= 11 is 0. The lowest BCUT2D eigenvalue weighted by Gasteiger charge is -2.09. The second-order valence-electron chi connectivity index (χ2n) is 4.16. The van der Waals surface area contributed by atoms with Crippen molar-refractivity contribution < 1.29 is 9.84 Å². The number of rotatable bonds is 5. The molecule has 0 saturated heterocycles. The third kappa shape index (κ3) is 5.46. The molecule has 0 amide bonds. The highest BCUT2D eigenvalue weighted by Crippen LogP contribution is 2.15. The van der Waals surface area contributed by atoms with E-state index < -0.39 is 0 Å². The van der Waals surface area contributed by atoms with E-state index in [0.29, 0.717) is 13.0 Å². The molecule has 0 fully saturated rings. The second kappa shape index (κ2) is 9.02. The van der Waals surface area contributed by atoms with Gasteiger partial charge >= 0.3 is 0 Å². The standard InChI is InChI=1S/C15H18O2.C2H2/c16-11-10-13-6-8-15(9-7-13)17-12-14-4-2-1-3-5-14;1-2/h2,4-9,16H,1,3,10-12H2;1-2H. The molecular formula is C17H20O2. The fourth-order valence-electron chi connectivity index (χ4n) is 1.82. The summed E-state index contributed by atoms with van der Waals surface area (Å²) in [6.07, 6.45) is 17.5. The summed E-state index contributed by atoms with van der Waals surface area (Å²) in [6, 6.07) is 7.91. The molecule has 0 aromatic heterocycles. The highest BCUT2D eigenvalue weighted by atomic mass is 16.5. The number of hydrogen-bond donors (Lipinski definition) is 1. The largest absolute Gasteiger partial charge is 0.489 e. The quantitative estimate of drug-likeness (QED) is 0.820. The zero-order chi connectivity index (χ0) is 13.9. The molecule has 1 aliphatic carbocycles. The summed E-state index contributed by atoms with van der Waals surface area (Å²) in [6.45, 7) is 0.827. The summed E-state index contributed by atoms with van der Waals surface area (Å²) in [5.41, 5.74) is 2.38. The Morgan fingerprint density at radius 2 is 1.84 bits per heavy atom. The molecule has 1 aliphatic rings. The van der Waals surface area contributed by atoms with Crippen molar-refractivity contribution in [1.29, 1.82) is 0 Å². The lowest BCUT2D eigenvalue weighted by molar-refractivity contribution is 0.299. The van der Waals surface area contributed by atoms with Crippen molar-refractivity contribution in [3.63, 3.8) is 0 Å². The molecule has 0 radical (unpaired) electrons. The van der Waals surface area contributed by atoms with Crippen molar-refractivity contribution in [2.24, 2.45) is 0 Å². The molecule has 0 bridgehead atoms. The Morgan fingerprint density at radius 1 is 1.11 bits per heavy atom. The topological polar surface area (TPSA) is 29.5 Å². The molecule has 0 aliphatic heterocycles. The van der Waals surface area contributed by atoms with Crippen molar-refractivity contribution in [2.75, 3.05) is 13.2 Å². The Morgan fingerprint density at radius 3 is 2.42 bits per heavy atom. The minimum atomic E-state index is 0.192. The molecule has 2 heteroatoms. The maximum atomic E-state index is 8.82. The average Bonchev–Trinajstić information content (AvgIpc) is 2.50. The van der Waals surface area contributed by atoms with Crippen LogP contribution in [-0.2, 0) is 6.42 Å². The first-order valence-corrected chi connectivity index (χ1v) is 6.40. The van der Waals surface area contributed by atoms with Crippen LogP contribution in [0.25, 0.3) is 0 Å². The third-order valence-corrected chi connectivity index (χ3v) is 2.80. The van der Waals surface area contributed by atoms with Crippen LogP contribution in [0.1, 0.15) is 18.4 Å². The molecule has 2 nitrogen and oxygen atoms in total. The van der Waals surface area contributed by atoms with E-state index in [1.165, 1.54) is 5.57 Å². The first-order chi connectivity index (χ1) is 9.38. The van der Waals surface area contributed by atoms with Gasteiger partial charge in [0.15, 0.2) is 0 Å². The smallest absolute Gasteiger partial charge is 0.119 e. The second-order valence-corrected chi connectivity index (χ2v) is 4.16. The fourth-order valence-corrected chi connectivity index (χ4v) is 1.82. The maximum Gasteiger partial charge on any atom is 0.119 e. The molecule has 0 heterocycles. The van der Waals surface area contributed by atoms with Crippen molar-refractivity contribution >= 4 is 0 Å². The van der Waals surface area contributed by atoms with Crippen LogP contribution in [0.15, 0.2) is 48.1 Å². The molecule has 2 rings (SSSR count). The number of aliphatic hydroxyl groups is 1. The highest BCUT2D eigenvalue weighted by molar-refractivity contribution is 5.29. The summed E-state index contributed by atoms with van der Waals surface area (Å²) in [4.78, 5) is 0. The molecule has 0 unspecified atom stereocenters. The molecule has 0 spiro atoms. The van der Waals surface area contributed by atoms with E-state index in [2.05, 4.69) is 31.1 Å². The third-order valence-electron chi connectivity index (χ3n) is 2.80. The SMILES string of the molecule is C#C.OCCc1ccc(OCC2=CCCC=C2)cc1. The van der Waals surface area contributed by atoms with Crippen molar-refractivity contribution in [3.05, 3.63) is 53.6 Å². The molecule has 0 atom stereocenters. The normalized spacial score (nSPS) is 13.1. The summed E-state index contributed by atoms with van der Waals surface area (Å²) in [7, 11) is 0. The number of ether oxygens (including phenoxy) is 1. The van der Waals surface area contributed by atoms with Crippen LogP contribution in [0, 0.1) is 12.8 Å². The van der Waals surface area contributed by atoms with Crippen LogP contribution in [0.3, 0.4) is 0 Å². The Kier molecular flexibility index (Phi) is 7.16. The van der Waals surface area contributed by atoms with Gasteiger partial charge in [-0.3, -0.25) is 0 Å². The lowest BCUT2D eigenvalue weighted by atomic mass is 10.1. The van der Waals surface area contributed by atoms with Gasteiger partial charge in [-0.05, 0) is 42.5 Å². The number of allylic oxidation sites excluding steroid dienone is 2. The first kappa shape index (κ1) is 15.1. The molecule has 19 heavy (non-hydrogen) atoms. The highest BCUT2D eigenvalue weighted by Gasteiger charge is 1.99. The summed E-state index contributed by atoms with van der Waals surface area (Å²) < 4.78 is 5.70. The van der Waals surface area contributed by atoms with Gasteiger partial charge in [0.05, 0.1) is 0 Å². The average molecular weight is 256 g/mol. The van der Waals surface area contributed by atoms with E-state index in [9.17, 15) is 0 Å². The Bertz CT molecular complexity index is 438. The molecule has 1 N–H and O–H groups in total. The van der Waals surface area contributed by atoms with Crippen molar-refractivity contribution in [2.45, 2.75) is 19.3 Å². The predicted molar refractivity (Wildman–Crippen MR) is 79.1 cm³/mol. The number of terminal acetylenes is 1. The van der Waals surface area contributed by atoms with Crippen LogP contribution < -0.4 is 4.74 Å². The van der Waals surface area contributed by atoms with Gasteiger partial charge in [0, 0.05) is 6.61 Å². The summed E-state index contributed by atoms with van der Waals surface area (Å²) in [5.74, 6) is 0.881. The predicted octanol–water partition coefficient (Wildman–Crippen LogP) is 3.13. The number of aliphatic hydroxyl groups excluding tert-OH is 1. The number of hydrogen-bond acceptors (Lipinski definition) is 2. The molecule has 100 valence electrons. The van der Waals surface area contributed by atoms with E-state index in [-0.39, 0.29) is 6.61 Å². The van der Waals surface area contributed by atoms with Crippen LogP contribution in [0.5, 0.6) is 5.75 Å². The molecule has 1 aromatic carbocycles. The van der Waals surface area contributed by atoms with Crippen LogP contribution >= 0.6 is 0 Å². The van der Waals surface area contributed by atoms with Gasteiger partial charge in [-0.25, -0.2) is 0 Å². The zero-order valence-corrected chi connectivity index (χ0v) is 11.1. The minimum Gasteiger partial charge on any atom is -0.489 e. The van der Waals surface area contributed by atoms with Gasteiger partial charge < -0.3 is 9.84 Å². The van der Waals surface area contributed by atoms with E-state index in [4.69, 9.17) is 9.84 Å². The van der Waals surface area contributed by atoms with Crippen LogP contribution in [0.4, 0.5) is 0 Å². The summed E-state index contributed by atoms with van der Waals surface area (Å²) in [5, 5.41) is 8.82. The van der Waals surface area contributed by atoms with Crippen LogP contribution in [0.2, 0.25) is 0 Å². The molecule has 1 aromatic rings. The van der Waals surface area contributed by atoms with E-state index in [1.807, 2.05) is 24.3 Å². The van der Waals surface area contributed by atoms with Crippen molar-refractivity contribution in [1.82, 2.24) is 0 Å². The first-order valence-electron chi connectivity index (χ1n) is 6.40. The van der Waals surface area contributed by atoms with E-state index >= 15 is 0 Å². The Balaban J connectivity index is 0.000000861. The Labute approximate surface area is 115 Å². The van der Waals surface area contributed by atoms with E-state index in [0.717, 1.165) is 24.2 Å². The lowest BCUT2D eigenvalue weighted by Crippen LogP contribution is -2.01. The number of benzene rings is 1. The van der Waals surface area contributed by atoms with Crippen molar-refractivity contribution in [3.8, 4) is 18.6 Å². The monoisotopic (exact) mass is 256 g/mol. The van der Waals surface area contributed by atoms with Gasteiger partial charge in [0.25, 0.3) is 0 Å². The van der Waals surface area contributed by atoms with Gasteiger partial charge in [-0.1, -0.05) is 30.4 Å². The molecular weight excluding hydrogens is 236 g/mol. The van der Waals surface area contributed by atoms with Gasteiger partial charge in [-0.15, -0.1) is 12.8 Å². The zero-order valence-electron chi connectivity index (χ0n) is 11.1. The fraction of sp³-hybridized carbons (Fsp3) is 0.294. The Hall–Kier alpha value is -1.98. The maximum absolute atomic E-state index is 8.82. The van der Waals surface area contributed by atoms with E-state index in [1.54, 1.807) is 0 Å². The van der Waals surface area contributed by atoms with Gasteiger partial charge in [-0.2, -0.15) is 0 Å². The van der Waals surface area contributed by atoms with Gasteiger partial charge in [0.1, 0.15) is 12.4 Å². The van der Waals surface area contributed by atoms with Crippen LogP contribution in [-0.4, -0.2) is 18.3 Å². The minimum absolute atomic E-state index is 0.192. The molecule has 0 saturated carbocycles. The van der Waals surface area contributed by atoms with Gasteiger partial charge in [0.2, 0.25) is 0 Å².